The summed E-state index contributed by atoms with van der Waals surface area (Å²) in [4.78, 5) is 35.6. The zero-order valence-corrected chi connectivity index (χ0v) is 51.2. The van der Waals surface area contributed by atoms with Crippen LogP contribution in [0.25, 0.3) is 0 Å². The molecule has 78 heavy (non-hydrogen) atoms. The molecule has 0 aromatic heterocycles. The first-order valence-electron chi connectivity index (χ1n) is 30.9. The molecule has 10 heteroatoms. The standard InChI is InChI=1S/C68H114NO8P/c1-6-8-10-12-14-16-18-20-21-22-23-24-25-26-27-28-29-30-31-32-33-34-35-36-37-38-39-40-41-42-43-44-45-46-47-49-51-53-55-57-59-61-68(71)77-66(65-76-78(72,73)75-63-62-69(3,4)5)64-74-67(70)60-58-56-54-52-50-48-19-17-15-13-11-9-7-2/h8,10-11,13-14,16-17,19-21,23-24,26-27,29-30,32-33,35-36,38-39,66H,6-7,9,12,15,18,22,25,28,31,34,37,40-65H2,1-5H3/p+1/b10-8-,13-11-,16-14-,19-17-,21-20-,24-23-,27-26-,30-29-,33-32-,36-35-,39-38-. The van der Waals surface area contributed by atoms with Gasteiger partial charge in [-0.15, -0.1) is 0 Å². The Morgan fingerprint density at radius 2 is 0.731 bits per heavy atom. The summed E-state index contributed by atoms with van der Waals surface area (Å²) in [6, 6.07) is 0. The predicted molar refractivity (Wildman–Crippen MR) is 334 cm³/mol. The van der Waals surface area contributed by atoms with Gasteiger partial charge in [-0.05, 0) is 109 Å². The number of quaternary nitrogens is 1. The number of esters is 2. The maximum Gasteiger partial charge on any atom is 0.472 e. The summed E-state index contributed by atoms with van der Waals surface area (Å²) in [7, 11) is 1.46. The fraction of sp³-hybridized carbons (Fsp3) is 0.647. The van der Waals surface area contributed by atoms with Crippen molar-refractivity contribution in [1.82, 2.24) is 0 Å². The molecule has 2 unspecified atom stereocenters. The molecule has 0 saturated carbocycles. The van der Waals surface area contributed by atoms with Crippen molar-refractivity contribution in [2.75, 3.05) is 47.5 Å². The molecule has 0 aliphatic rings. The van der Waals surface area contributed by atoms with Crippen LogP contribution < -0.4 is 0 Å². The molecule has 0 amide bonds. The summed E-state index contributed by atoms with van der Waals surface area (Å²) in [6.07, 6.45) is 84.0. The first kappa shape index (κ1) is 74.2. The van der Waals surface area contributed by atoms with Crippen molar-refractivity contribution in [3.05, 3.63) is 134 Å². The van der Waals surface area contributed by atoms with Crippen LogP contribution in [0.4, 0.5) is 0 Å². The van der Waals surface area contributed by atoms with Crippen LogP contribution in [0, 0.1) is 0 Å². The molecule has 0 spiro atoms. The number of hydrogen-bond donors (Lipinski definition) is 1. The van der Waals surface area contributed by atoms with Gasteiger partial charge in [0.1, 0.15) is 19.8 Å². The molecule has 0 fully saturated rings. The molecule has 0 bridgehead atoms. The summed E-state index contributed by atoms with van der Waals surface area (Å²) in [6.45, 7) is 4.22. The lowest BCUT2D eigenvalue weighted by Crippen LogP contribution is -2.37. The highest BCUT2D eigenvalue weighted by atomic mass is 31.2. The monoisotopic (exact) mass is 1100 g/mol. The highest BCUT2D eigenvalue weighted by Crippen LogP contribution is 2.43. The Hall–Kier alpha value is -3.85. The van der Waals surface area contributed by atoms with Crippen molar-refractivity contribution in [2.45, 2.75) is 238 Å². The first-order chi connectivity index (χ1) is 38.0. The Morgan fingerprint density at radius 1 is 0.410 bits per heavy atom. The number of nitrogens with zero attached hydrogens (tertiary/aromatic N) is 1. The third kappa shape index (κ3) is 61.4. The van der Waals surface area contributed by atoms with Crippen LogP contribution >= 0.6 is 7.82 Å². The topological polar surface area (TPSA) is 108 Å². The summed E-state index contributed by atoms with van der Waals surface area (Å²) in [5, 5.41) is 0. The lowest BCUT2D eigenvalue weighted by Gasteiger charge is -2.24. The van der Waals surface area contributed by atoms with Crippen molar-refractivity contribution in [1.29, 1.82) is 0 Å². The quantitative estimate of drug-likeness (QED) is 0.0211. The Labute approximate surface area is 479 Å². The minimum absolute atomic E-state index is 0.0239. The molecular formula is C68H115NO8P+. The Bertz CT molecular complexity index is 1780. The van der Waals surface area contributed by atoms with Gasteiger partial charge in [0.05, 0.1) is 27.7 Å². The predicted octanol–water partition coefficient (Wildman–Crippen LogP) is 19.7. The Balaban J connectivity index is 4.03. The Morgan fingerprint density at radius 3 is 1.09 bits per heavy atom. The number of phosphoric acid groups is 1. The largest absolute Gasteiger partial charge is 0.472 e. The third-order valence-electron chi connectivity index (χ3n) is 12.6. The second kappa shape index (κ2) is 57.8. The van der Waals surface area contributed by atoms with E-state index in [0.29, 0.717) is 17.4 Å². The highest BCUT2D eigenvalue weighted by Gasteiger charge is 2.27. The summed E-state index contributed by atoms with van der Waals surface area (Å²) < 4.78 is 34.5. The maximum absolute atomic E-state index is 12.8. The second-order valence-electron chi connectivity index (χ2n) is 21.4. The second-order valence-corrected chi connectivity index (χ2v) is 22.8. The van der Waals surface area contributed by atoms with E-state index in [-0.39, 0.29) is 32.0 Å². The van der Waals surface area contributed by atoms with Gasteiger partial charge < -0.3 is 18.9 Å². The number of carbonyl (C=O) groups is 2. The average Bonchev–Trinajstić information content (AvgIpc) is 3.40. The zero-order valence-electron chi connectivity index (χ0n) is 50.3. The maximum atomic E-state index is 12.8. The number of carbonyl (C=O) groups excluding carboxylic acids is 2. The Kier molecular flexibility index (Phi) is 55.0. The number of allylic oxidation sites excluding steroid dienone is 22. The van der Waals surface area contributed by atoms with Gasteiger partial charge >= 0.3 is 19.8 Å². The van der Waals surface area contributed by atoms with Crippen molar-refractivity contribution in [2.24, 2.45) is 0 Å². The molecule has 0 aromatic carbocycles. The minimum atomic E-state index is -4.39. The van der Waals surface area contributed by atoms with Gasteiger partial charge in [0.15, 0.2) is 6.10 Å². The number of likely N-dealkylation sites (N-methyl/N-ethyl adjacent to an activating group) is 1. The lowest BCUT2D eigenvalue weighted by atomic mass is 10.0. The minimum Gasteiger partial charge on any atom is -0.462 e. The normalized spacial score (nSPS) is 14.2. The molecule has 1 N–H and O–H groups in total. The van der Waals surface area contributed by atoms with Gasteiger partial charge in [-0.1, -0.05) is 244 Å². The van der Waals surface area contributed by atoms with E-state index in [1.807, 2.05) is 21.1 Å². The highest BCUT2D eigenvalue weighted by molar-refractivity contribution is 7.47. The number of unbranched alkanes of at least 4 members (excludes halogenated alkanes) is 19. The first-order valence-corrected chi connectivity index (χ1v) is 32.4. The summed E-state index contributed by atoms with van der Waals surface area (Å²) in [5.41, 5.74) is 0. The molecule has 0 heterocycles. The number of ether oxygens (including phenoxy) is 2. The van der Waals surface area contributed by atoms with Crippen LogP contribution in [0.15, 0.2) is 134 Å². The summed E-state index contributed by atoms with van der Waals surface area (Å²) >= 11 is 0. The van der Waals surface area contributed by atoms with Crippen LogP contribution in [0.1, 0.15) is 232 Å². The van der Waals surface area contributed by atoms with Crippen molar-refractivity contribution in [3.8, 4) is 0 Å². The molecule has 0 rings (SSSR count). The van der Waals surface area contributed by atoms with Crippen molar-refractivity contribution in [3.63, 3.8) is 0 Å². The fourth-order valence-corrected chi connectivity index (χ4v) is 8.67. The van der Waals surface area contributed by atoms with E-state index < -0.39 is 26.5 Å². The van der Waals surface area contributed by atoms with E-state index in [2.05, 4.69) is 148 Å². The van der Waals surface area contributed by atoms with Gasteiger partial charge in [-0.2, -0.15) is 0 Å². The van der Waals surface area contributed by atoms with E-state index in [4.69, 9.17) is 18.5 Å². The van der Waals surface area contributed by atoms with Gasteiger partial charge in [-0.25, -0.2) is 4.57 Å². The van der Waals surface area contributed by atoms with E-state index >= 15 is 0 Å². The number of phosphoric ester groups is 1. The molecule has 0 aliphatic carbocycles. The van der Waals surface area contributed by atoms with Crippen LogP contribution in [0.5, 0.6) is 0 Å². The van der Waals surface area contributed by atoms with Gasteiger partial charge in [0.2, 0.25) is 0 Å². The van der Waals surface area contributed by atoms with E-state index in [1.165, 1.54) is 70.6 Å². The van der Waals surface area contributed by atoms with Crippen LogP contribution in [0.3, 0.4) is 0 Å². The lowest BCUT2D eigenvalue weighted by molar-refractivity contribution is -0.870. The smallest absolute Gasteiger partial charge is 0.462 e. The van der Waals surface area contributed by atoms with Crippen LogP contribution in [-0.2, 0) is 32.7 Å². The van der Waals surface area contributed by atoms with Crippen LogP contribution in [0.2, 0.25) is 0 Å². The molecule has 0 radical (unpaired) electrons. The molecular weight excluding hydrogens is 990 g/mol. The van der Waals surface area contributed by atoms with E-state index in [1.54, 1.807) is 0 Å². The average molecular weight is 1110 g/mol. The summed E-state index contributed by atoms with van der Waals surface area (Å²) in [5.74, 6) is -0.821. The van der Waals surface area contributed by atoms with Gasteiger partial charge in [0, 0.05) is 12.8 Å². The van der Waals surface area contributed by atoms with E-state index in [0.717, 1.165) is 128 Å². The van der Waals surface area contributed by atoms with Crippen LogP contribution in [-0.4, -0.2) is 74.9 Å². The number of hydrogen-bond acceptors (Lipinski definition) is 7. The van der Waals surface area contributed by atoms with Crippen molar-refractivity contribution >= 4 is 19.8 Å². The van der Waals surface area contributed by atoms with Gasteiger partial charge in [0.25, 0.3) is 0 Å². The molecule has 0 saturated heterocycles. The number of rotatable bonds is 55. The third-order valence-corrected chi connectivity index (χ3v) is 13.6. The van der Waals surface area contributed by atoms with Crippen molar-refractivity contribution < 1.29 is 42.1 Å². The SMILES string of the molecule is CC/C=C\C/C=C\C/C=C\C/C=C\C/C=C\C/C=C\C/C=C\C/C=C\C/C=C\CCCCCCCCCCCCCCCC(=O)OC(COC(=O)CCCCCCC/C=C\C/C=C\CCC)COP(=O)(O)OCC[N+](C)(C)C. The molecule has 0 aromatic rings. The zero-order chi connectivity index (χ0) is 57.0. The molecule has 2 atom stereocenters. The molecule has 444 valence electrons. The van der Waals surface area contributed by atoms with Gasteiger partial charge in [-0.3, -0.25) is 18.6 Å². The molecule has 0 aliphatic heterocycles. The van der Waals surface area contributed by atoms with E-state index in [9.17, 15) is 19.0 Å². The fourth-order valence-electron chi connectivity index (χ4n) is 7.93. The molecule has 9 nitrogen and oxygen atoms in total.